The number of hydrogen-bond donors (Lipinski definition) is 3. The summed E-state index contributed by atoms with van der Waals surface area (Å²) >= 11 is 0. The fourth-order valence-corrected chi connectivity index (χ4v) is 6.05. The van der Waals surface area contributed by atoms with Crippen molar-refractivity contribution in [2.75, 3.05) is 39.3 Å². The molecular formula is C30H46ClN3O6S. The van der Waals surface area contributed by atoms with E-state index in [4.69, 9.17) is 4.74 Å². The molecule has 3 N–H and O–H groups in total. The summed E-state index contributed by atoms with van der Waals surface area (Å²) in [5.74, 6) is -1.50. The minimum atomic E-state index is -3.57. The molecule has 230 valence electrons. The van der Waals surface area contributed by atoms with Gasteiger partial charge in [-0.05, 0) is 42.0 Å². The minimum Gasteiger partial charge on any atom is -0.497 e. The van der Waals surface area contributed by atoms with Gasteiger partial charge in [-0.25, -0.2) is 8.42 Å². The zero-order valence-electron chi connectivity index (χ0n) is 24.7. The molecule has 41 heavy (non-hydrogen) atoms. The van der Waals surface area contributed by atoms with Gasteiger partial charge in [0.2, 0.25) is 11.8 Å². The summed E-state index contributed by atoms with van der Waals surface area (Å²) in [7, 11) is 1.16. The molecular weight excluding hydrogens is 566 g/mol. The maximum Gasteiger partial charge on any atom is 0.224 e. The summed E-state index contributed by atoms with van der Waals surface area (Å²) in [4.78, 5) is 27.4. The highest BCUT2D eigenvalue weighted by molar-refractivity contribution is 7.91. The molecule has 0 radical (unpaired) electrons. The van der Waals surface area contributed by atoms with Crippen molar-refractivity contribution in [3.63, 3.8) is 0 Å². The topological polar surface area (TPSA) is 125 Å². The van der Waals surface area contributed by atoms with E-state index in [1.165, 1.54) is 4.90 Å². The number of nitrogens with one attached hydrogen (secondary N) is 2. The van der Waals surface area contributed by atoms with Crippen molar-refractivity contribution in [2.24, 2.45) is 11.8 Å². The average molecular weight is 612 g/mol. The number of nitrogens with zero attached hydrogens (tertiary/aromatic N) is 1. The van der Waals surface area contributed by atoms with Gasteiger partial charge in [-0.1, -0.05) is 56.3 Å². The summed E-state index contributed by atoms with van der Waals surface area (Å²) in [6.45, 7) is 4.54. The van der Waals surface area contributed by atoms with Crippen molar-refractivity contribution in [3.05, 3.63) is 65.7 Å². The van der Waals surface area contributed by atoms with Crippen LogP contribution in [0.3, 0.4) is 0 Å². The SMILES string of the molecule is COc1cccc(CNC[C@@H](O)[C@H](Cc2ccccc2)NC(=O)C(CC(=O)N(C)C)CS(=O)(=O)CCC(C)C)c1.Cl. The van der Waals surface area contributed by atoms with Gasteiger partial charge in [0.25, 0.3) is 0 Å². The first-order valence-corrected chi connectivity index (χ1v) is 15.5. The van der Waals surface area contributed by atoms with Crippen molar-refractivity contribution in [1.82, 2.24) is 15.5 Å². The van der Waals surface area contributed by atoms with Gasteiger partial charge >= 0.3 is 0 Å². The van der Waals surface area contributed by atoms with Gasteiger partial charge in [-0.15, -0.1) is 12.4 Å². The smallest absolute Gasteiger partial charge is 0.224 e. The molecule has 0 saturated heterocycles. The number of amides is 2. The Morgan fingerprint density at radius 3 is 2.29 bits per heavy atom. The lowest BCUT2D eigenvalue weighted by Gasteiger charge is -2.27. The Morgan fingerprint density at radius 2 is 1.68 bits per heavy atom. The lowest BCUT2D eigenvalue weighted by atomic mass is 9.99. The standard InChI is InChI=1S/C30H45N3O6S.ClH/c1-22(2)14-15-40(37,38)21-25(18-29(35)33(3)4)30(36)32-27(17-23-10-7-6-8-11-23)28(34)20-31-19-24-12-9-13-26(16-24)39-5;/h6-13,16,22,25,27-28,31,34H,14-15,17-21H2,1-5H3,(H,32,36);1H/t25?,27-,28+;/m0./s1. The summed E-state index contributed by atoms with van der Waals surface area (Å²) < 4.78 is 31.0. The van der Waals surface area contributed by atoms with E-state index in [0.29, 0.717) is 19.4 Å². The zero-order valence-corrected chi connectivity index (χ0v) is 26.3. The number of rotatable bonds is 17. The number of aliphatic hydroxyl groups is 1. The number of methoxy groups -OCH3 is 1. The van der Waals surface area contributed by atoms with Crippen molar-refractivity contribution in [2.45, 2.75) is 51.8 Å². The molecule has 2 aromatic rings. The Kier molecular flexibility index (Phi) is 16.0. The van der Waals surface area contributed by atoms with Gasteiger partial charge in [0.1, 0.15) is 5.75 Å². The first-order valence-electron chi connectivity index (χ1n) is 13.7. The summed E-state index contributed by atoms with van der Waals surface area (Å²) in [5, 5.41) is 17.2. The average Bonchev–Trinajstić information content (AvgIpc) is 2.91. The summed E-state index contributed by atoms with van der Waals surface area (Å²) in [6, 6.07) is 16.3. The van der Waals surface area contributed by atoms with Crippen LogP contribution in [0.1, 0.15) is 37.8 Å². The molecule has 0 heterocycles. The summed E-state index contributed by atoms with van der Waals surface area (Å²) in [5.41, 5.74) is 1.88. The maximum atomic E-state index is 13.5. The van der Waals surface area contributed by atoms with E-state index in [0.717, 1.165) is 16.9 Å². The largest absolute Gasteiger partial charge is 0.497 e. The van der Waals surface area contributed by atoms with E-state index in [-0.39, 0.29) is 43.0 Å². The lowest BCUT2D eigenvalue weighted by molar-refractivity contribution is -0.134. The zero-order chi connectivity index (χ0) is 29.7. The third-order valence-electron chi connectivity index (χ3n) is 6.66. The first-order chi connectivity index (χ1) is 18.9. The molecule has 2 rings (SSSR count). The number of ether oxygens (including phenoxy) is 1. The summed E-state index contributed by atoms with van der Waals surface area (Å²) in [6.07, 6.45) is -0.394. The van der Waals surface area contributed by atoms with E-state index in [9.17, 15) is 23.1 Å². The predicted octanol–water partition coefficient (Wildman–Crippen LogP) is 2.85. The second kappa shape index (κ2) is 18.0. The first kappa shape index (κ1) is 36.4. The van der Waals surface area contributed by atoms with E-state index in [1.54, 1.807) is 21.2 Å². The molecule has 2 amide bonds. The van der Waals surface area contributed by atoms with Crippen LogP contribution in [0.25, 0.3) is 0 Å². The van der Waals surface area contributed by atoms with Crippen LogP contribution in [0.4, 0.5) is 0 Å². The number of carbonyl (C=O) groups is 2. The highest BCUT2D eigenvalue weighted by atomic mass is 35.5. The van der Waals surface area contributed by atoms with Gasteiger partial charge in [0.15, 0.2) is 9.84 Å². The second-order valence-electron chi connectivity index (χ2n) is 10.8. The van der Waals surface area contributed by atoms with E-state index in [2.05, 4.69) is 10.6 Å². The molecule has 3 atom stereocenters. The Labute approximate surface area is 251 Å². The molecule has 0 fully saturated rings. The number of carbonyl (C=O) groups excluding carboxylic acids is 2. The van der Waals surface area contributed by atoms with Crippen LogP contribution in [0.5, 0.6) is 5.75 Å². The molecule has 0 saturated carbocycles. The second-order valence-corrected chi connectivity index (χ2v) is 13.1. The molecule has 9 nitrogen and oxygen atoms in total. The van der Waals surface area contributed by atoms with Crippen LogP contribution in [0, 0.1) is 11.8 Å². The monoisotopic (exact) mass is 611 g/mol. The minimum absolute atomic E-state index is 0. The molecule has 2 aromatic carbocycles. The maximum absolute atomic E-state index is 13.5. The van der Waals surface area contributed by atoms with Crippen molar-refractivity contribution in [3.8, 4) is 5.75 Å². The van der Waals surface area contributed by atoms with Crippen LogP contribution in [-0.4, -0.2) is 81.6 Å². The number of aliphatic hydroxyl groups excluding tert-OH is 1. The van der Waals surface area contributed by atoms with E-state index >= 15 is 0 Å². The molecule has 0 aliphatic carbocycles. The molecule has 0 aromatic heterocycles. The van der Waals surface area contributed by atoms with Crippen LogP contribution in [-0.2, 0) is 32.4 Å². The van der Waals surface area contributed by atoms with E-state index in [1.807, 2.05) is 68.4 Å². The highest BCUT2D eigenvalue weighted by Gasteiger charge is 2.31. The Hall–Kier alpha value is -2.66. The fourth-order valence-electron chi connectivity index (χ4n) is 4.17. The number of halogens is 1. The quantitative estimate of drug-likeness (QED) is 0.251. The van der Waals surface area contributed by atoms with Gasteiger partial charge in [0, 0.05) is 33.6 Å². The normalized spacial score (nSPS) is 13.5. The molecule has 0 spiro atoms. The van der Waals surface area contributed by atoms with Crippen molar-refractivity contribution < 1.29 is 27.9 Å². The van der Waals surface area contributed by atoms with E-state index < -0.39 is 39.6 Å². The molecule has 0 bridgehead atoms. The van der Waals surface area contributed by atoms with Gasteiger partial charge in [-0.3, -0.25) is 9.59 Å². The molecule has 11 heteroatoms. The van der Waals surface area contributed by atoms with Gasteiger partial charge in [-0.2, -0.15) is 0 Å². The number of benzene rings is 2. The fraction of sp³-hybridized carbons (Fsp3) is 0.533. The predicted molar refractivity (Wildman–Crippen MR) is 165 cm³/mol. The molecule has 0 aliphatic rings. The third-order valence-corrected chi connectivity index (χ3v) is 8.43. The Morgan fingerprint density at radius 1 is 1.02 bits per heavy atom. The number of sulfone groups is 1. The van der Waals surface area contributed by atoms with Crippen LogP contribution in [0.15, 0.2) is 54.6 Å². The lowest BCUT2D eigenvalue weighted by Crippen LogP contribution is -2.51. The van der Waals surface area contributed by atoms with Gasteiger partial charge in [0.05, 0.1) is 36.7 Å². The third kappa shape index (κ3) is 13.7. The van der Waals surface area contributed by atoms with Crippen LogP contribution < -0.4 is 15.4 Å². The van der Waals surface area contributed by atoms with Gasteiger partial charge < -0.3 is 25.4 Å². The number of hydrogen-bond acceptors (Lipinski definition) is 7. The van der Waals surface area contributed by atoms with Crippen molar-refractivity contribution >= 4 is 34.1 Å². The van der Waals surface area contributed by atoms with Crippen LogP contribution in [0.2, 0.25) is 0 Å². The van der Waals surface area contributed by atoms with Crippen LogP contribution >= 0.6 is 12.4 Å². The highest BCUT2D eigenvalue weighted by Crippen LogP contribution is 2.16. The molecule has 1 unspecified atom stereocenters. The van der Waals surface area contributed by atoms with Crippen molar-refractivity contribution in [1.29, 1.82) is 0 Å². The molecule has 0 aliphatic heterocycles. The Balaban J connectivity index is 0.00000840. The Bertz CT molecular complexity index is 1180.